The molecule has 0 radical (unpaired) electrons. The topological polar surface area (TPSA) is 58.6 Å². The number of nitrogens with zero attached hydrogens (tertiary/aromatic N) is 1. The van der Waals surface area contributed by atoms with E-state index in [-0.39, 0.29) is 30.3 Å². The summed E-state index contributed by atoms with van der Waals surface area (Å²) in [7, 11) is 1.63. The fourth-order valence-corrected chi connectivity index (χ4v) is 4.47. The van der Waals surface area contributed by atoms with Crippen LogP contribution in [0.4, 0.5) is 0 Å². The summed E-state index contributed by atoms with van der Waals surface area (Å²) < 4.78 is 5.27. The summed E-state index contributed by atoms with van der Waals surface area (Å²) in [4.78, 5) is 27.8. The van der Waals surface area contributed by atoms with Gasteiger partial charge in [0.1, 0.15) is 5.75 Å². The van der Waals surface area contributed by atoms with Gasteiger partial charge in [-0.25, -0.2) is 0 Å². The Hall–Kier alpha value is -2.82. The molecular formula is C24H28N2O3. The number of methoxy groups -OCH3 is 1. The predicted octanol–water partition coefficient (Wildman–Crippen LogP) is 4.23. The minimum Gasteiger partial charge on any atom is -0.497 e. The number of benzene rings is 2. The van der Waals surface area contributed by atoms with Crippen LogP contribution in [-0.4, -0.2) is 29.9 Å². The second-order valence-electron chi connectivity index (χ2n) is 7.99. The second-order valence-corrected chi connectivity index (χ2v) is 7.99. The van der Waals surface area contributed by atoms with Crippen LogP contribution in [0.3, 0.4) is 0 Å². The van der Waals surface area contributed by atoms with E-state index in [1.165, 1.54) is 19.3 Å². The molecule has 29 heavy (non-hydrogen) atoms. The summed E-state index contributed by atoms with van der Waals surface area (Å²) in [5, 5.41) is 3.20. The number of carbonyl (C=O) groups is 2. The van der Waals surface area contributed by atoms with Crippen LogP contribution >= 0.6 is 0 Å². The fourth-order valence-electron chi connectivity index (χ4n) is 4.47. The zero-order chi connectivity index (χ0) is 20.2. The van der Waals surface area contributed by atoms with Crippen molar-refractivity contribution in [3.63, 3.8) is 0 Å². The van der Waals surface area contributed by atoms with Crippen molar-refractivity contribution in [2.24, 2.45) is 0 Å². The second kappa shape index (κ2) is 8.68. The highest BCUT2D eigenvalue weighted by Crippen LogP contribution is 2.34. The Morgan fingerprint density at radius 1 is 1.10 bits per heavy atom. The van der Waals surface area contributed by atoms with Crippen LogP contribution in [0.5, 0.6) is 5.75 Å². The van der Waals surface area contributed by atoms with Crippen molar-refractivity contribution in [2.75, 3.05) is 7.11 Å². The van der Waals surface area contributed by atoms with Gasteiger partial charge in [-0.3, -0.25) is 9.59 Å². The summed E-state index contributed by atoms with van der Waals surface area (Å²) in [6, 6.07) is 15.3. The SMILES string of the molecule is COc1ccc([C@@H](CC(=O)NC2CCCCC2)N2Cc3ccccc3C2=O)cc1. The van der Waals surface area contributed by atoms with E-state index in [9.17, 15) is 9.59 Å². The van der Waals surface area contributed by atoms with E-state index < -0.39 is 0 Å². The lowest BCUT2D eigenvalue weighted by atomic mass is 9.95. The number of carbonyl (C=O) groups excluding carboxylic acids is 2. The van der Waals surface area contributed by atoms with Gasteiger partial charge in [-0.15, -0.1) is 0 Å². The quantitative estimate of drug-likeness (QED) is 0.800. The largest absolute Gasteiger partial charge is 0.497 e. The maximum atomic E-state index is 13.1. The molecule has 0 saturated heterocycles. The highest BCUT2D eigenvalue weighted by Gasteiger charge is 2.34. The van der Waals surface area contributed by atoms with Crippen LogP contribution in [0.2, 0.25) is 0 Å². The van der Waals surface area contributed by atoms with Gasteiger partial charge >= 0.3 is 0 Å². The third kappa shape index (κ3) is 4.29. The minimum absolute atomic E-state index is 0.00751. The van der Waals surface area contributed by atoms with Crippen molar-refractivity contribution >= 4 is 11.8 Å². The zero-order valence-electron chi connectivity index (χ0n) is 16.9. The molecule has 0 bridgehead atoms. The molecule has 1 heterocycles. The van der Waals surface area contributed by atoms with Crippen molar-refractivity contribution in [3.05, 3.63) is 65.2 Å². The average molecular weight is 392 g/mol. The van der Waals surface area contributed by atoms with Crippen LogP contribution < -0.4 is 10.1 Å². The molecule has 5 heteroatoms. The number of hydrogen-bond acceptors (Lipinski definition) is 3. The van der Waals surface area contributed by atoms with Gasteiger partial charge in [-0.05, 0) is 42.2 Å². The van der Waals surface area contributed by atoms with Crippen LogP contribution in [0.25, 0.3) is 0 Å². The van der Waals surface area contributed by atoms with Crippen LogP contribution in [-0.2, 0) is 11.3 Å². The van der Waals surface area contributed by atoms with E-state index >= 15 is 0 Å². The molecular weight excluding hydrogens is 364 g/mol. The number of rotatable bonds is 6. The summed E-state index contributed by atoms with van der Waals surface area (Å²) >= 11 is 0. The average Bonchev–Trinajstić information content (AvgIpc) is 3.09. The molecule has 1 N–H and O–H groups in total. The molecule has 4 rings (SSSR count). The smallest absolute Gasteiger partial charge is 0.255 e. The molecule has 2 amide bonds. The van der Waals surface area contributed by atoms with E-state index in [1.807, 2.05) is 53.4 Å². The Kier molecular flexibility index (Phi) is 5.84. The van der Waals surface area contributed by atoms with Gasteiger partial charge in [0.25, 0.3) is 5.91 Å². The lowest BCUT2D eigenvalue weighted by molar-refractivity contribution is -0.123. The first kappa shape index (κ1) is 19.5. The maximum absolute atomic E-state index is 13.1. The monoisotopic (exact) mass is 392 g/mol. The molecule has 2 aliphatic rings. The van der Waals surface area contributed by atoms with Crippen molar-refractivity contribution in [3.8, 4) is 5.75 Å². The Morgan fingerprint density at radius 3 is 2.52 bits per heavy atom. The van der Waals surface area contributed by atoms with Crippen molar-refractivity contribution < 1.29 is 14.3 Å². The van der Waals surface area contributed by atoms with Gasteiger partial charge in [0.2, 0.25) is 5.91 Å². The summed E-state index contributed by atoms with van der Waals surface area (Å²) in [6.45, 7) is 0.530. The summed E-state index contributed by atoms with van der Waals surface area (Å²) in [5.74, 6) is 0.767. The number of fused-ring (bicyclic) bond motifs is 1. The molecule has 152 valence electrons. The molecule has 2 aromatic carbocycles. The van der Waals surface area contributed by atoms with E-state index in [0.29, 0.717) is 6.54 Å². The van der Waals surface area contributed by atoms with E-state index in [2.05, 4.69) is 5.32 Å². The third-order valence-corrected chi connectivity index (χ3v) is 6.08. The molecule has 1 atom stereocenters. The van der Waals surface area contributed by atoms with Gasteiger partial charge in [-0.1, -0.05) is 49.6 Å². The van der Waals surface area contributed by atoms with Crippen LogP contribution in [0.1, 0.15) is 66.1 Å². The third-order valence-electron chi connectivity index (χ3n) is 6.08. The lowest BCUT2D eigenvalue weighted by Crippen LogP contribution is -2.39. The van der Waals surface area contributed by atoms with Crippen LogP contribution in [0.15, 0.2) is 48.5 Å². The first-order valence-corrected chi connectivity index (χ1v) is 10.5. The Balaban J connectivity index is 1.56. The molecule has 0 spiro atoms. The Labute approximate surface area is 172 Å². The van der Waals surface area contributed by atoms with Gasteiger partial charge in [0.05, 0.1) is 19.6 Å². The zero-order valence-corrected chi connectivity index (χ0v) is 16.9. The Morgan fingerprint density at radius 2 is 1.83 bits per heavy atom. The van der Waals surface area contributed by atoms with Crippen molar-refractivity contribution in [1.82, 2.24) is 10.2 Å². The summed E-state index contributed by atoms with van der Waals surface area (Å²) in [6.07, 6.45) is 5.96. The molecule has 0 unspecified atom stereocenters. The fraction of sp³-hybridized carbons (Fsp3) is 0.417. The van der Waals surface area contributed by atoms with E-state index in [0.717, 1.165) is 35.3 Å². The molecule has 1 saturated carbocycles. The normalized spacial score (nSPS) is 17.7. The van der Waals surface area contributed by atoms with Crippen LogP contribution in [0, 0.1) is 0 Å². The molecule has 0 aromatic heterocycles. The van der Waals surface area contributed by atoms with Gasteiger partial charge in [0.15, 0.2) is 0 Å². The highest BCUT2D eigenvalue weighted by molar-refractivity contribution is 5.98. The standard InChI is InChI=1S/C24H28N2O3/c1-29-20-13-11-17(12-14-20)22(15-23(27)25-19-8-3-2-4-9-19)26-16-18-7-5-6-10-21(18)24(26)28/h5-7,10-14,19,22H,2-4,8-9,15-16H2,1H3,(H,25,27)/t22-/m1/s1. The summed E-state index contributed by atoms with van der Waals surface area (Å²) in [5.41, 5.74) is 2.70. The lowest BCUT2D eigenvalue weighted by Gasteiger charge is -2.29. The molecule has 1 aliphatic carbocycles. The molecule has 5 nitrogen and oxygen atoms in total. The Bertz CT molecular complexity index is 872. The van der Waals surface area contributed by atoms with E-state index in [4.69, 9.17) is 4.74 Å². The number of amides is 2. The highest BCUT2D eigenvalue weighted by atomic mass is 16.5. The maximum Gasteiger partial charge on any atom is 0.255 e. The number of hydrogen-bond donors (Lipinski definition) is 1. The van der Waals surface area contributed by atoms with Crippen molar-refractivity contribution in [1.29, 1.82) is 0 Å². The minimum atomic E-state index is -0.301. The van der Waals surface area contributed by atoms with E-state index in [1.54, 1.807) is 7.11 Å². The molecule has 2 aromatic rings. The van der Waals surface area contributed by atoms with Gasteiger partial charge < -0.3 is 15.0 Å². The van der Waals surface area contributed by atoms with Gasteiger partial charge in [0, 0.05) is 18.2 Å². The number of nitrogens with one attached hydrogen (secondary N) is 1. The molecule has 1 aliphatic heterocycles. The number of ether oxygens (including phenoxy) is 1. The van der Waals surface area contributed by atoms with Gasteiger partial charge in [-0.2, -0.15) is 0 Å². The first-order valence-electron chi connectivity index (χ1n) is 10.5. The predicted molar refractivity (Wildman–Crippen MR) is 112 cm³/mol. The van der Waals surface area contributed by atoms with Crippen molar-refractivity contribution in [2.45, 2.75) is 57.2 Å². The molecule has 1 fully saturated rings. The first-order chi connectivity index (χ1) is 14.2.